The van der Waals surface area contributed by atoms with Gasteiger partial charge in [0.15, 0.2) is 17.3 Å². The Balaban J connectivity index is 2.36. The summed E-state index contributed by atoms with van der Waals surface area (Å²) in [5.74, 6) is -3.29. The maximum absolute atomic E-state index is 12.7. The first-order chi connectivity index (χ1) is 10.6. The van der Waals surface area contributed by atoms with Crippen molar-refractivity contribution in [2.24, 2.45) is 17.1 Å². The topological polar surface area (TPSA) is 94.3 Å². The van der Waals surface area contributed by atoms with Gasteiger partial charge in [-0.1, -0.05) is 32.0 Å². The van der Waals surface area contributed by atoms with Crippen LogP contribution in [-0.2, 0) is 14.4 Å². The first kappa shape index (κ1) is 17.3. The van der Waals surface area contributed by atoms with Gasteiger partial charge in [0.25, 0.3) is 0 Å². The maximum Gasteiger partial charge on any atom is 0.240 e. The summed E-state index contributed by atoms with van der Waals surface area (Å²) < 4.78 is 0. The lowest BCUT2D eigenvalue weighted by atomic mass is 9.68. The van der Waals surface area contributed by atoms with Crippen LogP contribution < -0.4 is 5.73 Å². The van der Waals surface area contributed by atoms with E-state index in [1.165, 1.54) is 12.1 Å². The Kier molecular flexibility index (Phi) is 4.71. The van der Waals surface area contributed by atoms with Crippen LogP contribution in [0.4, 0.5) is 0 Å². The van der Waals surface area contributed by atoms with E-state index in [4.69, 9.17) is 17.3 Å². The lowest BCUT2D eigenvalue weighted by Crippen LogP contribution is -2.44. The van der Waals surface area contributed by atoms with Gasteiger partial charge in [-0.05, 0) is 18.1 Å². The Bertz CT molecular complexity index is 696. The Morgan fingerprint density at radius 2 is 1.96 bits per heavy atom. The largest absolute Gasteiger partial charge is 0.368 e. The van der Waals surface area contributed by atoms with Crippen LogP contribution in [0, 0.1) is 11.3 Å². The normalized spacial score (nSPS) is 21.8. The fourth-order valence-electron chi connectivity index (χ4n) is 2.69. The monoisotopic (exact) mass is 335 g/mol. The summed E-state index contributed by atoms with van der Waals surface area (Å²) >= 11 is 5.89. The lowest BCUT2D eigenvalue weighted by Gasteiger charge is -2.31. The Labute approximate surface area is 139 Å². The average molecular weight is 336 g/mol. The van der Waals surface area contributed by atoms with E-state index in [0.717, 1.165) is 0 Å². The highest BCUT2D eigenvalue weighted by molar-refractivity contribution is 6.31. The standard InChI is InChI=1S/C17H18ClNO4/c1-17(2)7-6-11(20)12(15(17)22)14(21)10-5-3-4-9(8-10)13(18)16(19)23/h3-5,8,12-13H,6-7H2,1-2H3,(H2,19,23). The average Bonchev–Trinajstić information content (AvgIpc) is 2.51. The number of rotatable bonds is 4. The van der Waals surface area contributed by atoms with Crippen LogP contribution in [0.5, 0.6) is 0 Å². The molecular formula is C17H18ClNO4. The fraction of sp³-hybridized carbons (Fsp3) is 0.412. The number of Topliss-reactive ketones (excluding diaryl/α,β-unsaturated/α-hetero) is 3. The van der Waals surface area contributed by atoms with Gasteiger partial charge in [-0.2, -0.15) is 0 Å². The number of carbonyl (C=O) groups excluding carboxylic acids is 4. The highest BCUT2D eigenvalue weighted by atomic mass is 35.5. The minimum absolute atomic E-state index is 0.179. The van der Waals surface area contributed by atoms with E-state index in [0.29, 0.717) is 12.0 Å². The van der Waals surface area contributed by atoms with Crippen LogP contribution in [-0.4, -0.2) is 23.3 Å². The van der Waals surface area contributed by atoms with Crippen LogP contribution in [0.2, 0.25) is 0 Å². The highest BCUT2D eigenvalue weighted by Crippen LogP contribution is 2.35. The second-order valence-electron chi connectivity index (χ2n) is 6.40. The second kappa shape index (κ2) is 6.24. The van der Waals surface area contributed by atoms with Gasteiger partial charge >= 0.3 is 0 Å². The first-order valence-electron chi connectivity index (χ1n) is 7.30. The summed E-state index contributed by atoms with van der Waals surface area (Å²) in [6.07, 6.45) is 0.647. The molecule has 1 fully saturated rings. The summed E-state index contributed by atoms with van der Waals surface area (Å²) in [4.78, 5) is 48.4. The summed E-state index contributed by atoms with van der Waals surface area (Å²) in [5.41, 5.74) is 4.99. The predicted molar refractivity (Wildman–Crippen MR) is 85.1 cm³/mol. The van der Waals surface area contributed by atoms with Gasteiger partial charge in [0.2, 0.25) is 5.91 Å². The van der Waals surface area contributed by atoms with Gasteiger partial charge in [0.05, 0.1) is 0 Å². The molecule has 0 bridgehead atoms. The molecule has 122 valence electrons. The summed E-state index contributed by atoms with van der Waals surface area (Å²) in [6, 6.07) is 6.02. The summed E-state index contributed by atoms with van der Waals surface area (Å²) in [7, 11) is 0. The van der Waals surface area contributed by atoms with E-state index in [-0.39, 0.29) is 23.6 Å². The van der Waals surface area contributed by atoms with Crippen LogP contribution in [0.15, 0.2) is 24.3 Å². The Morgan fingerprint density at radius 1 is 1.30 bits per heavy atom. The second-order valence-corrected chi connectivity index (χ2v) is 6.84. The third kappa shape index (κ3) is 3.34. The Morgan fingerprint density at radius 3 is 2.57 bits per heavy atom. The van der Waals surface area contributed by atoms with Gasteiger partial charge < -0.3 is 5.73 Å². The minimum Gasteiger partial charge on any atom is -0.368 e. The first-order valence-corrected chi connectivity index (χ1v) is 7.73. The van der Waals surface area contributed by atoms with Crippen molar-refractivity contribution in [3.8, 4) is 0 Å². The van der Waals surface area contributed by atoms with E-state index >= 15 is 0 Å². The quantitative estimate of drug-likeness (QED) is 0.518. The van der Waals surface area contributed by atoms with Gasteiger partial charge in [0.1, 0.15) is 11.3 Å². The molecular weight excluding hydrogens is 318 g/mol. The van der Waals surface area contributed by atoms with Gasteiger partial charge in [-0.25, -0.2) is 0 Å². The number of halogens is 1. The number of benzene rings is 1. The van der Waals surface area contributed by atoms with E-state index in [2.05, 4.69) is 0 Å². The van der Waals surface area contributed by atoms with Crippen LogP contribution in [0.1, 0.15) is 48.0 Å². The van der Waals surface area contributed by atoms with E-state index in [1.807, 2.05) is 0 Å². The zero-order valence-electron chi connectivity index (χ0n) is 13.0. The van der Waals surface area contributed by atoms with Crippen molar-refractivity contribution in [2.75, 3.05) is 0 Å². The molecule has 0 saturated heterocycles. The van der Waals surface area contributed by atoms with E-state index in [9.17, 15) is 19.2 Å². The molecule has 2 N–H and O–H groups in total. The van der Waals surface area contributed by atoms with Crippen molar-refractivity contribution in [3.63, 3.8) is 0 Å². The molecule has 1 amide bonds. The third-order valence-corrected chi connectivity index (χ3v) is 4.69. The van der Waals surface area contributed by atoms with Crippen molar-refractivity contribution >= 4 is 34.9 Å². The molecule has 1 saturated carbocycles. The van der Waals surface area contributed by atoms with Crippen LogP contribution in [0.25, 0.3) is 0 Å². The molecule has 2 atom stereocenters. The molecule has 6 heteroatoms. The van der Waals surface area contributed by atoms with Crippen molar-refractivity contribution in [3.05, 3.63) is 35.4 Å². The van der Waals surface area contributed by atoms with E-state index < -0.39 is 28.4 Å². The van der Waals surface area contributed by atoms with Gasteiger partial charge in [0, 0.05) is 17.4 Å². The number of hydrogen-bond acceptors (Lipinski definition) is 4. The molecule has 5 nitrogen and oxygen atoms in total. The smallest absolute Gasteiger partial charge is 0.240 e. The molecule has 0 aliphatic heterocycles. The van der Waals surface area contributed by atoms with Crippen molar-refractivity contribution in [1.29, 1.82) is 0 Å². The van der Waals surface area contributed by atoms with Crippen LogP contribution >= 0.6 is 11.6 Å². The number of alkyl halides is 1. The molecule has 0 aromatic heterocycles. The van der Waals surface area contributed by atoms with Crippen molar-refractivity contribution in [2.45, 2.75) is 32.1 Å². The zero-order chi connectivity index (χ0) is 17.4. The number of nitrogens with two attached hydrogens (primary N) is 1. The summed E-state index contributed by atoms with van der Waals surface area (Å²) in [5, 5.41) is -1.07. The predicted octanol–water partition coefficient (Wildman–Crippen LogP) is 2.21. The lowest BCUT2D eigenvalue weighted by molar-refractivity contribution is -0.140. The summed E-state index contributed by atoms with van der Waals surface area (Å²) in [6.45, 7) is 3.47. The number of ketones is 3. The Hall–Kier alpha value is -2.01. The molecule has 23 heavy (non-hydrogen) atoms. The maximum atomic E-state index is 12.7. The van der Waals surface area contributed by atoms with E-state index in [1.54, 1.807) is 26.0 Å². The van der Waals surface area contributed by atoms with Crippen molar-refractivity contribution in [1.82, 2.24) is 0 Å². The number of hydrogen-bond donors (Lipinski definition) is 1. The van der Waals surface area contributed by atoms with Gasteiger partial charge in [-0.15, -0.1) is 11.6 Å². The SMILES string of the molecule is CC1(C)CCC(=O)C(C(=O)c2cccc(C(Cl)C(N)=O)c2)C1=O. The number of primary amides is 1. The van der Waals surface area contributed by atoms with Crippen LogP contribution in [0.3, 0.4) is 0 Å². The highest BCUT2D eigenvalue weighted by Gasteiger charge is 2.46. The zero-order valence-corrected chi connectivity index (χ0v) is 13.7. The molecule has 0 heterocycles. The molecule has 1 aromatic carbocycles. The fourth-order valence-corrected chi connectivity index (χ4v) is 2.82. The molecule has 1 aliphatic rings. The molecule has 0 spiro atoms. The molecule has 2 rings (SSSR count). The molecule has 2 unspecified atom stereocenters. The minimum atomic E-state index is -1.28. The third-order valence-electron chi connectivity index (χ3n) is 4.22. The number of carbonyl (C=O) groups is 4. The molecule has 0 radical (unpaired) electrons. The number of amides is 1. The van der Waals surface area contributed by atoms with Crippen molar-refractivity contribution < 1.29 is 19.2 Å². The molecule has 1 aromatic rings. The van der Waals surface area contributed by atoms with Gasteiger partial charge in [-0.3, -0.25) is 19.2 Å². The molecule has 1 aliphatic carbocycles.